The predicted molar refractivity (Wildman–Crippen MR) is 59.4 cm³/mol. The Kier molecular flexibility index (Phi) is 5.03. The van der Waals surface area contributed by atoms with Gasteiger partial charge in [-0.15, -0.1) is 0 Å². The van der Waals surface area contributed by atoms with Gasteiger partial charge in [-0.2, -0.15) is 5.26 Å². The minimum atomic E-state index is -0.262. The van der Waals surface area contributed by atoms with Crippen molar-refractivity contribution in [2.45, 2.75) is 32.4 Å². The zero-order valence-electron chi connectivity index (χ0n) is 9.69. The molecule has 0 aliphatic carbocycles. The van der Waals surface area contributed by atoms with Gasteiger partial charge in [0.15, 0.2) is 0 Å². The summed E-state index contributed by atoms with van der Waals surface area (Å²) >= 11 is 0. The van der Waals surface area contributed by atoms with Crippen LogP contribution in [0.15, 0.2) is 0 Å². The molecule has 1 fully saturated rings. The van der Waals surface area contributed by atoms with Gasteiger partial charge in [0.2, 0.25) is 0 Å². The molecule has 0 saturated carbocycles. The van der Waals surface area contributed by atoms with Crippen molar-refractivity contribution in [3.05, 3.63) is 0 Å². The number of hydrogen-bond donors (Lipinski definition) is 1. The lowest BCUT2D eigenvalue weighted by Gasteiger charge is -2.40. The number of aliphatic hydroxyl groups excluding tert-OH is 1. The van der Waals surface area contributed by atoms with E-state index >= 15 is 0 Å². The monoisotopic (exact) mass is 211 g/mol. The fraction of sp³-hybridized carbons (Fsp3) is 0.909. The van der Waals surface area contributed by atoms with Gasteiger partial charge in [-0.1, -0.05) is 6.92 Å². The van der Waals surface area contributed by atoms with Crippen LogP contribution in [-0.4, -0.2) is 59.8 Å². The van der Waals surface area contributed by atoms with Crippen molar-refractivity contribution in [3.63, 3.8) is 0 Å². The van der Waals surface area contributed by atoms with Crippen LogP contribution in [-0.2, 0) is 0 Å². The summed E-state index contributed by atoms with van der Waals surface area (Å²) in [6.45, 7) is 8.13. The Labute approximate surface area is 92.1 Å². The third-order valence-electron chi connectivity index (χ3n) is 2.95. The van der Waals surface area contributed by atoms with Gasteiger partial charge in [0.1, 0.15) is 0 Å². The molecule has 86 valence electrons. The molecule has 1 aliphatic heterocycles. The lowest BCUT2D eigenvalue weighted by atomic mass is 10.1. The van der Waals surface area contributed by atoms with Gasteiger partial charge in [-0.3, -0.25) is 9.80 Å². The Hall–Kier alpha value is -0.630. The molecule has 0 aromatic carbocycles. The quantitative estimate of drug-likeness (QED) is 0.679. The van der Waals surface area contributed by atoms with Crippen molar-refractivity contribution >= 4 is 0 Å². The average Bonchev–Trinajstić information content (AvgIpc) is 2.20. The first-order chi connectivity index (χ1) is 7.17. The fourth-order valence-corrected chi connectivity index (χ4v) is 2.17. The van der Waals surface area contributed by atoms with E-state index in [1.165, 1.54) is 0 Å². The van der Waals surface area contributed by atoms with E-state index < -0.39 is 0 Å². The molecule has 0 aromatic heterocycles. The summed E-state index contributed by atoms with van der Waals surface area (Å²) in [5.74, 6) is 0. The second kappa shape index (κ2) is 6.06. The molecule has 0 bridgehead atoms. The highest BCUT2D eigenvalue weighted by atomic mass is 16.3. The Morgan fingerprint density at radius 1 is 1.53 bits per heavy atom. The van der Waals surface area contributed by atoms with E-state index in [0.717, 1.165) is 32.6 Å². The number of aliphatic hydroxyl groups is 1. The van der Waals surface area contributed by atoms with Gasteiger partial charge in [0, 0.05) is 32.2 Å². The maximum atomic E-state index is 9.38. The molecule has 2 atom stereocenters. The normalized spacial score (nSPS) is 26.1. The molecule has 1 heterocycles. The Bertz CT molecular complexity index is 224. The Morgan fingerprint density at radius 3 is 2.80 bits per heavy atom. The van der Waals surface area contributed by atoms with Crippen LogP contribution >= 0.6 is 0 Å². The topological polar surface area (TPSA) is 50.5 Å². The van der Waals surface area contributed by atoms with Gasteiger partial charge < -0.3 is 5.11 Å². The van der Waals surface area contributed by atoms with Crippen LogP contribution in [0.5, 0.6) is 0 Å². The largest absolute Gasteiger partial charge is 0.392 e. The fourth-order valence-electron chi connectivity index (χ4n) is 2.17. The van der Waals surface area contributed by atoms with Gasteiger partial charge in [0.05, 0.1) is 18.7 Å². The van der Waals surface area contributed by atoms with Crippen molar-refractivity contribution < 1.29 is 5.11 Å². The molecule has 0 amide bonds. The van der Waals surface area contributed by atoms with Gasteiger partial charge >= 0.3 is 0 Å². The third kappa shape index (κ3) is 3.78. The summed E-state index contributed by atoms with van der Waals surface area (Å²) in [6, 6.07) is 2.68. The molecule has 1 N–H and O–H groups in total. The third-order valence-corrected chi connectivity index (χ3v) is 2.95. The smallest absolute Gasteiger partial charge is 0.0866 e. The number of rotatable bonds is 4. The van der Waals surface area contributed by atoms with E-state index in [-0.39, 0.29) is 6.10 Å². The van der Waals surface area contributed by atoms with Crippen LogP contribution in [0.25, 0.3) is 0 Å². The van der Waals surface area contributed by atoms with Gasteiger partial charge in [-0.25, -0.2) is 0 Å². The average molecular weight is 211 g/mol. The summed E-state index contributed by atoms with van der Waals surface area (Å²) in [7, 11) is 0. The zero-order valence-corrected chi connectivity index (χ0v) is 9.69. The van der Waals surface area contributed by atoms with Gasteiger partial charge in [0.25, 0.3) is 0 Å². The highest BCUT2D eigenvalue weighted by Gasteiger charge is 2.25. The summed E-state index contributed by atoms with van der Waals surface area (Å²) in [6.07, 6.45) is 0.816. The molecule has 0 unspecified atom stereocenters. The second-order valence-corrected chi connectivity index (χ2v) is 4.30. The van der Waals surface area contributed by atoms with E-state index in [1.807, 2.05) is 6.92 Å². The van der Waals surface area contributed by atoms with E-state index in [0.29, 0.717) is 12.6 Å². The Balaban J connectivity index is 2.46. The van der Waals surface area contributed by atoms with Gasteiger partial charge in [-0.05, 0) is 13.3 Å². The maximum absolute atomic E-state index is 9.38. The maximum Gasteiger partial charge on any atom is 0.0866 e. The lowest BCUT2D eigenvalue weighted by Crippen LogP contribution is -2.54. The van der Waals surface area contributed by atoms with Crippen molar-refractivity contribution in [2.75, 3.05) is 32.7 Å². The number of hydrogen-bond acceptors (Lipinski definition) is 4. The van der Waals surface area contributed by atoms with Crippen LogP contribution in [0.3, 0.4) is 0 Å². The number of piperazine rings is 1. The molecule has 4 nitrogen and oxygen atoms in total. The number of nitrogens with zero attached hydrogens (tertiary/aromatic N) is 3. The molecular formula is C11H21N3O. The highest BCUT2D eigenvalue weighted by Crippen LogP contribution is 2.12. The van der Waals surface area contributed by atoms with E-state index in [2.05, 4.69) is 22.8 Å². The van der Waals surface area contributed by atoms with Crippen molar-refractivity contribution in [1.82, 2.24) is 9.80 Å². The molecule has 0 spiro atoms. The first-order valence-electron chi connectivity index (χ1n) is 5.68. The van der Waals surface area contributed by atoms with Crippen LogP contribution < -0.4 is 0 Å². The summed E-state index contributed by atoms with van der Waals surface area (Å²) in [4.78, 5) is 4.52. The zero-order chi connectivity index (χ0) is 11.3. The molecule has 4 heteroatoms. The minimum Gasteiger partial charge on any atom is -0.392 e. The molecule has 0 radical (unpaired) electrons. The van der Waals surface area contributed by atoms with Crippen LogP contribution in [0.1, 0.15) is 20.3 Å². The minimum absolute atomic E-state index is 0.262. The van der Waals surface area contributed by atoms with Crippen LogP contribution in [0.4, 0.5) is 0 Å². The summed E-state index contributed by atoms with van der Waals surface area (Å²) in [5.41, 5.74) is 0. The molecule has 15 heavy (non-hydrogen) atoms. The number of β-amino-alcohol motifs (C(OH)–C–C–N with tert-alkyl or cyclic N) is 1. The number of nitriles is 1. The summed E-state index contributed by atoms with van der Waals surface area (Å²) in [5, 5.41) is 18.0. The van der Waals surface area contributed by atoms with E-state index in [4.69, 9.17) is 5.26 Å². The standard InChI is InChI=1S/C11H21N3O/c1-3-11-9-13(5-4-12)6-7-14(11)8-10(2)15/h10-11,15H,3,5-9H2,1-2H3/t10-,11-/m0/s1. The predicted octanol–water partition coefficient (Wildman–Crippen LogP) is 0.287. The first-order valence-corrected chi connectivity index (χ1v) is 5.68. The van der Waals surface area contributed by atoms with E-state index in [1.54, 1.807) is 0 Å². The SMILES string of the molecule is CC[C@H]1CN(CC#N)CCN1C[C@H](C)O. The molecule has 1 saturated heterocycles. The molecule has 1 aliphatic rings. The van der Waals surface area contributed by atoms with E-state index in [9.17, 15) is 5.11 Å². The van der Waals surface area contributed by atoms with Crippen molar-refractivity contribution in [1.29, 1.82) is 5.26 Å². The first kappa shape index (κ1) is 12.4. The van der Waals surface area contributed by atoms with Crippen LogP contribution in [0, 0.1) is 11.3 Å². The van der Waals surface area contributed by atoms with Crippen molar-refractivity contribution in [3.8, 4) is 6.07 Å². The summed E-state index contributed by atoms with van der Waals surface area (Å²) < 4.78 is 0. The Morgan fingerprint density at radius 2 is 2.27 bits per heavy atom. The molecule has 1 rings (SSSR count). The van der Waals surface area contributed by atoms with Crippen molar-refractivity contribution in [2.24, 2.45) is 0 Å². The second-order valence-electron chi connectivity index (χ2n) is 4.30. The molecule has 0 aromatic rings. The molecular weight excluding hydrogens is 190 g/mol. The lowest BCUT2D eigenvalue weighted by molar-refractivity contribution is 0.0414. The highest BCUT2D eigenvalue weighted by molar-refractivity contribution is 4.86. The van der Waals surface area contributed by atoms with Crippen LogP contribution in [0.2, 0.25) is 0 Å².